The van der Waals surface area contributed by atoms with Crippen LogP contribution in [0.1, 0.15) is 41.5 Å². The SMILES string of the molecule is Fc1ccc(C2NCCOC23CCC(c2ccc(C(F)(F)F)cc2)CO3)cc1. The first-order chi connectivity index (χ1) is 13.4. The third-order valence-electron chi connectivity index (χ3n) is 5.52. The van der Waals surface area contributed by atoms with E-state index in [0.717, 1.165) is 29.7 Å². The molecular formula is C21H21F4NO2. The maximum Gasteiger partial charge on any atom is 0.416 e. The smallest absolute Gasteiger partial charge is 0.347 e. The van der Waals surface area contributed by atoms with Gasteiger partial charge >= 0.3 is 6.18 Å². The highest BCUT2D eigenvalue weighted by Gasteiger charge is 2.47. The fourth-order valence-electron chi connectivity index (χ4n) is 4.01. The van der Waals surface area contributed by atoms with Gasteiger partial charge in [-0.3, -0.25) is 0 Å². The topological polar surface area (TPSA) is 30.5 Å². The molecule has 2 aromatic carbocycles. The maximum atomic E-state index is 13.3. The molecule has 1 N–H and O–H groups in total. The highest BCUT2D eigenvalue weighted by Crippen LogP contribution is 2.43. The molecule has 2 heterocycles. The van der Waals surface area contributed by atoms with Gasteiger partial charge in [-0.1, -0.05) is 24.3 Å². The van der Waals surface area contributed by atoms with Crippen molar-refractivity contribution in [1.82, 2.24) is 5.32 Å². The molecule has 150 valence electrons. The highest BCUT2D eigenvalue weighted by molar-refractivity contribution is 5.28. The van der Waals surface area contributed by atoms with E-state index in [1.54, 1.807) is 12.1 Å². The first-order valence-electron chi connectivity index (χ1n) is 9.31. The molecule has 0 radical (unpaired) electrons. The summed E-state index contributed by atoms with van der Waals surface area (Å²) in [5.41, 5.74) is 1.06. The molecule has 2 fully saturated rings. The van der Waals surface area contributed by atoms with E-state index in [4.69, 9.17) is 9.47 Å². The third kappa shape index (κ3) is 3.79. The average molecular weight is 395 g/mol. The monoisotopic (exact) mass is 395 g/mol. The number of morpholine rings is 1. The molecule has 2 saturated heterocycles. The van der Waals surface area contributed by atoms with Gasteiger partial charge in [0.05, 0.1) is 24.8 Å². The molecule has 1 spiro atoms. The van der Waals surface area contributed by atoms with E-state index in [1.807, 2.05) is 0 Å². The summed E-state index contributed by atoms with van der Waals surface area (Å²) in [6.45, 7) is 1.52. The standard InChI is InChI=1S/C21H21F4NO2/c22-18-7-3-15(4-8-18)19-20(27-12-11-26-19)10-9-16(13-28-20)14-1-5-17(6-2-14)21(23,24)25/h1-8,16,19,26H,9-13H2. The lowest BCUT2D eigenvalue weighted by Gasteiger charge is -2.48. The van der Waals surface area contributed by atoms with Crippen molar-refractivity contribution in [2.75, 3.05) is 19.8 Å². The van der Waals surface area contributed by atoms with E-state index in [2.05, 4.69) is 5.32 Å². The number of alkyl halides is 3. The number of hydrogen-bond donors (Lipinski definition) is 1. The molecule has 3 atom stereocenters. The predicted molar refractivity (Wildman–Crippen MR) is 95.2 cm³/mol. The number of benzene rings is 2. The van der Waals surface area contributed by atoms with E-state index in [9.17, 15) is 17.6 Å². The van der Waals surface area contributed by atoms with Gasteiger partial charge in [-0.2, -0.15) is 13.2 Å². The van der Waals surface area contributed by atoms with Gasteiger partial charge in [-0.15, -0.1) is 0 Å². The van der Waals surface area contributed by atoms with E-state index >= 15 is 0 Å². The fourth-order valence-corrected chi connectivity index (χ4v) is 4.01. The van der Waals surface area contributed by atoms with Gasteiger partial charge in [0, 0.05) is 18.9 Å². The van der Waals surface area contributed by atoms with E-state index in [1.165, 1.54) is 24.3 Å². The number of hydrogen-bond acceptors (Lipinski definition) is 3. The van der Waals surface area contributed by atoms with Crippen molar-refractivity contribution in [2.45, 2.75) is 36.8 Å². The molecule has 0 amide bonds. The van der Waals surface area contributed by atoms with Crippen molar-refractivity contribution in [3.8, 4) is 0 Å². The quantitative estimate of drug-likeness (QED) is 0.742. The molecule has 3 unspecified atom stereocenters. The second-order valence-corrected chi connectivity index (χ2v) is 7.27. The maximum absolute atomic E-state index is 13.3. The van der Waals surface area contributed by atoms with Crippen molar-refractivity contribution >= 4 is 0 Å². The van der Waals surface area contributed by atoms with Crippen molar-refractivity contribution in [3.63, 3.8) is 0 Å². The summed E-state index contributed by atoms with van der Waals surface area (Å²) >= 11 is 0. The van der Waals surface area contributed by atoms with Gasteiger partial charge in [-0.05, 0) is 41.8 Å². The van der Waals surface area contributed by atoms with Crippen molar-refractivity contribution < 1.29 is 27.0 Å². The lowest BCUT2D eigenvalue weighted by molar-refractivity contribution is -0.289. The molecule has 2 aliphatic rings. The number of nitrogens with one attached hydrogen (secondary N) is 1. The molecule has 28 heavy (non-hydrogen) atoms. The molecule has 4 rings (SSSR count). The van der Waals surface area contributed by atoms with E-state index in [-0.39, 0.29) is 17.8 Å². The average Bonchev–Trinajstić information content (AvgIpc) is 2.69. The van der Waals surface area contributed by atoms with Crippen LogP contribution in [0, 0.1) is 5.82 Å². The highest BCUT2D eigenvalue weighted by atomic mass is 19.4. The van der Waals surface area contributed by atoms with Gasteiger partial charge < -0.3 is 14.8 Å². The van der Waals surface area contributed by atoms with Crippen LogP contribution in [-0.2, 0) is 15.7 Å². The molecule has 0 bridgehead atoms. The number of ether oxygens (including phenoxy) is 2. The Bertz CT molecular complexity index is 797. The Balaban J connectivity index is 1.49. The van der Waals surface area contributed by atoms with Crippen LogP contribution >= 0.6 is 0 Å². The minimum atomic E-state index is -4.34. The summed E-state index contributed by atoms with van der Waals surface area (Å²) in [7, 11) is 0. The molecule has 0 aromatic heterocycles. The van der Waals surface area contributed by atoms with Gasteiger partial charge in [0.2, 0.25) is 0 Å². The summed E-state index contributed by atoms with van der Waals surface area (Å²) in [5.74, 6) is -1.15. The first kappa shape index (κ1) is 19.4. The van der Waals surface area contributed by atoms with Crippen LogP contribution in [0.25, 0.3) is 0 Å². The predicted octanol–water partition coefficient (Wildman–Crippen LogP) is 4.80. The zero-order valence-electron chi connectivity index (χ0n) is 15.1. The van der Waals surface area contributed by atoms with Gasteiger partial charge in [0.25, 0.3) is 0 Å². The van der Waals surface area contributed by atoms with Crippen LogP contribution in [0.2, 0.25) is 0 Å². The third-order valence-corrected chi connectivity index (χ3v) is 5.52. The number of halogens is 4. The van der Waals surface area contributed by atoms with Gasteiger partial charge in [0.15, 0.2) is 5.79 Å². The first-order valence-corrected chi connectivity index (χ1v) is 9.31. The van der Waals surface area contributed by atoms with Gasteiger partial charge in [-0.25, -0.2) is 4.39 Å². The summed E-state index contributed by atoms with van der Waals surface area (Å²) in [6.07, 6.45) is -3.02. The summed E-state index contributed by atoms with van der Waals surface area (Å²) < 4.78 is 63.7. The van der Waals surface area contributed by atoms with E-state index < -0.39 is 17.5 Å². The van der Waals surface area contributed by atoms with Crippen LogP contribution in [0.5, 0.6) is 0 Å². The molecule has 0 saturated carbocycles. The van der Waals surface area contributed by atoms with Crippen LogP contribution in [-0.4, -0.2) is 25.5 Å². The fraction of sp³-hybridized carbons (Fsp3) is 0.429. The molecule has 3 nitrogen and oxygen atoms in total. The minimum absolute atomic E-state index is 0.00676. The second-order valence-electron chi connectivity index (χ2n) is 7.27. The van der Waals surface area contributed by atoms with Crippen LogP contribution in [0.4, 0.5) is 17.6 Å². The Kier molecular flexibility index (Phi) is 5.16. The lowest BCUT2D eigenvalue weighted by atomic mass is 9.84. The zero-order valence-corrected chi connectivity index (χ0v) is 15.1. The molecular weight excluding hydrogens is 374 g/mol. The molecule has 0 aliphatic carbocycles. The lowest BCUT2D eigenvalue weighted by Crippen LogP contribution is -2.56. The largest absolute Gasteiger partial charge is 0.416 e. The molecule has 7 heteroatoms. The Morgan fingerprint density at radius 2 is 1.61 bits per heavy atom. The van der Waals surface area contributed by atoms with Crippen molar-refractivity contribution in [3.05, 3.63) is 71.0 Å². The molecule has 2 aromatic rings. The Hall–Kier alpha value is -1.96. The Morgan fingerprint density at radius 3 is 2.21 bits per heavy atom. The summed E-state index contributed by atoms with van der Waals surface area (Å²) in [4.78, 5) is 0. The molecule has 2 aliphatic heterocycles. The summed E-state index contributed by atoms with van der Waals surface area (Å²) in [5, 5.41) is 3.40. The normalized spacial score (nSPS) is 28.4. The van der Waals surface area contributed by atoms with Crippen molar-refractivity contribution in [1.29, 1.82) is 0 Å². The van der Waals surface area contributed by atoms with Crippen LogP contribution in [0.3, 0.4) is 0 Å². The van der Waals surface area contributed by atoms with Gasteiger partial charge in [0.1, 0.15) is 5.82 Å². The van der Waals surface area contributed by atoms with Crippen LogP contribution in [0.15, 0.2) is 48.5 Å². The minimum Gasteiger partial charge on any atom is -0.347 e. The summed E-state index contributed by atoms with van der Waals surface area (Å²) in [6, 6.07) is 11.3. The van der Waals surface area contributed by atoms with Crippen LogP contribution < -0.4 is 5.32 Å². The van der Waals surface area contributed by atoms with E-state index in [0.29, 0.717) is 26.2 Å². The number of rotatable bonds is 2. The Morgan fingerprint density at radius 1 is 0.929 bits per heavy atom. The second kappa shape index (κ2) is 7.46. The van der Waals surface area contributed by atoms with Crippen molar-refractivity contribution in [2.24, 2.45) is 0 Å². The Labute approximate surface area is 160 Å². The zero-order chi connectivity index (χ0) is 19.8.